The molecule has 0 saturated carbocycles. The second-order valence-corrected chi connectivity index (χ2v) is 5.98. The average Bonchev–Trinajstić information content (AvgIpc) is 2.27. The van der Waals surface area contributed by atoms with Crippen LogP contribution >= 0.6 is 0 Å². The van der Waals surface area contributed by atoms with Gasteiger partial charge in [-0.25, -0.2) is 0 Å². The second kappa shape index (κ2) is 5.42. The van der Waals surface area contributed by atoms with Crippen molar-refractivity contribution in [2.24, 2.45) is 11.3 Å². The van der Waals surface area contributed by atoms with E-state index in [0.29, 0.717) is 18.0 Å². The normalized spacial score (nSPS) is 13.2. The van der Waals surface area contributed by atoms with E-state index in [9.17, 15) is 4.79 Å². The molecular formula is C15H24N2O. The lowest BCUT2D eigenvalue weighted by molar-refractivity contribution is -0.119. The Kier molecular flexibility index (Phi) is 4.38. The number of hydrogen-bond acceptors (Lipinski definition) is 2. The van der Waals surface area contributed by atoms with E-state index in [1.165, 1.54) is 0 Å². The predicted molar refractivity (Wildman–Crippen MR) is 77.5 cm³/mol. The largest absolute Gasteiger partial charge is 0.397 e. The van der Waals surface area contributed by atoms with Crippen LogP contribution in [0.4, 0.5) is 11.4 Å². The van der Waals surface area contributed by atoms with Crippen molar-refractivity contribution in [2.75, 3.05) is 17.7 Å². The number of amides is 1. The van der Waals surface area contributed by atoms with Crippen molar-refractivity contribution in [1.29, 1.82) is 0 Å². The van der Waals surface area contributed by atoms with Crippen LogP contribution in [0.25, 0.3) is 0 Å². The maximum absolute atomic E-state index is 12.2. The highest BCUT2D eigenvalue weighted by atomic mass is 16.2. The first-order valence-electron chi connectivity index (χ1n) is 6.34. The molecule has 0 radical (unpaired) electrons. The first-order valence-corrected chi connectivity index (χ1v) is 6.34. The Morgan fingerprint density at radius 2 is 1.89 bits per heavy atom. The van der Waals surface area contributed by atoms with Gasteiger partial charge in [0.2, 0.25) is 5.91 Å². The number of carbonyl (C=O) groups is 1. The Hall–Kier alpha value is -1.51. The smallest absolute Gasteiger partial charge is 0.227 e. The zero-order valence-electron chi connectivity index (χ0n) is 12.0. The number of anilines is 2. The quantitative estimate of drug-likeness (QED) is 0.834. The average molecular weight is 248 g/mol. The Morgan fingerprint density at radius 1 is 1.33 bits per heavy atom. The number of rotatable bonds is 3. The molecule has 0 aliphatic carbocycles. The lowest BCUT2D eigenvalue weighted by Crippen LogP contribution is -2.31. The third-order valence-electron chi connectivity index (χ3n) is 3.63. The molecule has 0 aliphatic heterocycles. The van der Waals surface area contributed by atoms with Crippen LogP contribution in [0.2, 0.25) is 0 Å². The summed E-state index contributed by atoms with van der Waals surface area (Å²) in [6.45, 7) is 8.57. The van der Waals surface area contributed by atoms with E-state index in [1.54, 1.807) is 11.9 Å². The summed E-state index contributed by atoms with van der Waals surface area (Å²) in [4.78, 5) is 13.9. The predicted octanol–water partition coefficient (Wildman–Crippen LogP) is 3.30. The van der Waals surface area contributed by atoms with E-state index in [0.717, 1.165) is 5.69 Å². The maximum Gasteiger partial charge on any atom is 0.227 e. The van der Waals surface area contributed by atoms with Gasteiger partial charge in [-0.1, -0.05) is 39.8 Å². The number of carbonyl (C=O) groups excluding carboxylic acids is 1. The molecule has 0 aromatic heterocycles. The fourth-order valence-electron chi connectivity index (χ4n) is 1.63. The van der Waals surface area contributed by atoms with E-state index in [-0.39, 0.29) is 11.3 Å². The van der Waals surface area contributed by atoms with Crippen LogP contribution in [0.3, 0.4) is 0 Å². The Morgan fingerprint density at radius 3 is 2.39 bits per heavy atom. The Labute approximate surface area is 110 Å². The molecule has 1 amide bonds. The van der Waals surface area contributed by atoms with Gasteiger partial charge in [0.15, 0.2) is 0 Å². The van der Waals surface area contributed by atoms with Crippen LogP contribution < -0.4 is 10.6 Å². The van der Waals surface area contributed by atoms with Gasteiger partial charge in [0, 0.05) is 13.5 Å². The zero-order chi connectivity index (χ0) is 13.9. The van der Waals surface area contributed by atoms with Gasteiger partial charge < -0.3 is 10.6 Å². The number of para-hydroxylation sites is 2. The zero-order valence-corrected chi connectivity index (χ0v) is 12.0. The van der Waals surface area contributed by atoms with E-state index in [1.807, 2.05) is 24.3 Å². The minimum absolute atomic E-state index is 0.107. The topological polar surface area (TPSA) is 46.3 Å². The lowest BCUT2D eigenvalue weighted by Gasteiger charge is -2.28. The maximum atomic E-state index is 12.2. The van der Waals surface area contributed by atoms with E-state index in [4.69, 9.17) is 5.73 Å². The van der Waals surface area contributed by atoms with Crippen molar-refractivity contribution in [2.45, 2.75) is 34.1 Å². The minimum atomic E-state index is 0.107. The minimum Gasteiger partial charge on any atom is -0.397 e. The first kappa shape index (κ1) is 14.6. The molecule has 0 spiro atoms. The molecule has 100 valence electrons. The molecule has 0 heterocycles. The molecule has 1 unspecified atom stereocenters. The molecule has 3 nitrogen and oxygen atoms in total. The van der Waals surface area contributed by atoms with Crippen molar-refractivity contribution in [3.8, 4) is 0 Å². The van der Waals surface area contributed by atoms with Crippen molar-refractivity contribution >= 4 is 17.3 Å². The van der Waals surface area contributed by atoms with Gasteiger partial charge in [0.1, 0.15) is 0 Å². The molecule has 1 atom stereocenters. The highest BCUT2D eigenvalue weighted by Crippen LogP contribution is 2.30. The molecular weight excluding hydrogens is 224 g/mol. The molecule has 0 aliphatic rings. The van der Waals surface area contributed by atoms with Gasteiger partial charge >= 0.3 is 0 Å². The van der Waals surface area contributed by atoms with Crippen LogP contribution in [0.1, 0.15) is 34.1 Å². The molecule has 2 N–H and O–H groups in total. The number of nitrogens with two attached hydrogens (primary N) is 1. The second-order valence-electron chi connectivity index (χ2n) is 5.98. The summed E-state index contributed by atoms with van der Waals surface area (Å²) in [5, 5.41) is 0. The summed E-state index contributed by atoms with van der Waals surface area (Å²) in [5.74, 6) is 0.438. The number of nitrogen functional groups attached to an aromatic ring is 1. The molecule has 3 heteroatoms. The van der Waals surface area contributed by atoms with Crippen LogP contribution in [0.15, 0.2) is 24.3 Å². The van der Waals surface area contributed by atoms with Crippen molar-refractivity contribution < 1.29 is 4.79 Å². The highest BCUT2D eigenvalue weighted by molar-refractivity contribution is 5.95. The Bertz CT molecular complexity index is 421. The molecule has 0 bridgehead atoms. The standard InChI is InChI=1S/C15H24N2O/c1-11(15(2,3)4)10-14(18)17(5)13-9-7-6-8-12(13)16/h6-9,11H,10,16H2,1-5H3. The summed E-state index contributed by atoms with van der Waals surface area (Å²) >= 11 is 0. The van der Waals surface area contributed by atoms with Gasteiger partial charge in [0.05, 0.1) is 11.4 Å². The van der Waals surface area contributed by atoms with Crippen LogP contribution in [-0.4, -0.2) is 13.0 Å². The fourth-order valence-corrected chi connectivity index (χ4v) is 1.63. The molecule has 0 saturated heterocycles. The van der Waals surface area contributed by atoms with E-state index in [2.05, 4.69) is 27.7 Å². The summed E-state index contributed by atoms with van der Waals surface area (Å²) in [7, 11) is 1.78. The Balaban J connectivity index is 2.77. The number of benzene rings is 1. The van der Waals surface area contributed by atoms with Crippen molar-refractivity contribution in [3.05, 3.63) is 24.3 Å². The molecule has 1 aromatic carbocycles. The van der Waals surface area contributed by atoms with Gasteiger partial charge in [-0.3, -0.25) is 4.79 Å². The van der Waals surface area contributed by atoms with Crippen molar-refractivity contribution in [1.82, 2.24) is 0 Å². The van der Waals surface area contributed by atoms with Gasteiger partial charge in [0.25, 0.3) is 0 Å². The molecule has 1 aromatic rings. The van der Waals surface area contributed by atoms with Gasteiger partial charge in [-0.2, -0.15) is 0 Å². The summed E-state index contributed by atoms with van der Waals surface area (Å²) in [6, 6.07) is 7.44. The SMILES string of the molecule is CC(CC(=O)N(C)c1ccccc1N)C(C)(C)C. The third-order valence-corrected chi connectivity index (χ3v) is 3.63. The van der Waals surface area contributed by atoms with Gasteiger partial charge in [-0.05, 0) is 23.5 Å². The summed E-state index contributed by atoms with van der Waals surface area (Å²) < 4.78 is 0. The van der Waals surface area contributed by atoms with E-state index < -0.39 is 0 Å². The number of hydrogen-bond donors (Lipinski definition) is 1. The fraction of sp³-hybridized carbons (Fsp3) is 0.533. The summed E-state index contributed by atoms with van der Waals surface area (Å²) in [6.07, 6.45) is 0.536. The van der Waals surface area contributed by atoms with E-state index >= 15 is 0 Å². The lowest BCUT2D eigenvalue weighted by atomic mass is 9.80. The van der Waals surface area contributed by atoms with Gasteiger partial charge in [-0.15, -0.1) is 0 Å². The third kappa shape index (κ3) is 3.49. The van der Waals surface area contributed by atoms with Crippen LogP contribution in [-0.2, 0) is 4.79 Å². The monoisotopic (exact) mass is 248 g/mol. The molecule has 0 fully saturated rings. The van der Waals surface area contributed by atoms with Crippen LogP contribution in [0, 0.1) is 11.3 Å². The summed E-state index contributed by atoms with van der Waals surface area (Å²) in [5.41, 5.74) is 7.44. The van der Waals surface area contributed by atoms with Crippen LogP contribution in [0.5, 0.6) is 0 Å². The van der Waals surface area contributed by atoms with Crippen molar-refractivity contribution in [3.63, 3.8) is 0 Å². The molecule has 1 rings (SSSR count). The first-order chi connectivity index (χ1) is 8.23. The highest BCUT2D eigenvalue weighted by Gasteiger charge is 2.24. The number of nitrogens with zero attached hydrogens (tertiary/aromatic N) is 1. The molecule has 18 heavy (non-hydrogen) atoms.